The van der Waals surface area contributed by atoms with E-state index in [4.69, 9.17) is 15.2 Å². The highest BCUT2D eigenvalue weighted by molar-refractivity contribution is 5.93. The largest absolute Gasteiger partial charge is 0.485 e. The zero-order valence-electron chi connectivity index (χ0n) is 12.2. The number of esters is 1. The van der Waals surface area contributed by atoms with E-state index in [1.54, 1.807) is 25.1 Å². The molecule has 1 atom stereocenters. The summed E-state index contributed by atoms with van der Waals surface area (Å²) >= 11 is 0. The zero-order chi connectivity index (χ0) is 15.2. The Labute approximate surface area is 124 Å². The van der Waals surface area contributed by atoms with E-state index in [-0.39, 0.29) is 6.10 Å². The molecule has 2 rings (SSSR count). The lowest BCUT2D eigenvalue weighted by Crippen LogP contribution is -2.10. The molecule has 0 aromatic heterocycles. The predicted molar refractivity (Wildman–Crippen MR) is 82.3 cm³/mol. The van der Waals surface area contributed by atoms with Crippen LogP contribution in [-0.2, 0) is 4.74 Å². The number of ether oxygens (including phenoxy) is 2. The van der Waals surface area contributed by atoms with Crippen LogP contribution in [0.4, 0.5) is 5.69 Å². The van der Waals surface area contributed by atoms with Gasteiger partial charge in [-0.25, -0.2) is 4.79 Å². The average molecular weight is 285 g/mol. The van der Waals surface area contributed by atoms with E-state index < -0.39 is 5.97 Å². The van der Waals surface area contributed by atoms with Crippen molar-refractivity contribution in [1.82, 2.24) is 0 Å². The fourth-order valence-electron chi connectivity index (χ4n) is 2.00. The van der Waals surface area contributed by atoms with Gasteiger partial charge in [0.2, 0.25) is 0 Å². The SMILES string of the molecule is CCOC(=O)c1ccc(N)cc1OC(C)c1ccccc1. The summed E-state index contributed by atoms with van der Waals surface area (Å²) in [5.74, 6) is 0.0255. The first kappa shape index (κ1) is 14.9. The minimum Gasteiger partial charge on any atom is -0.485 e. The Morgan fingerprint density at radius 1 is 1.19 bits per heavy atom. The molecule has 0 amide bonds. The van der Waals surface area contributed by atoms with Crippen molar-refractivity contribution in [3.05, 3.63) is 59.7 Å². The van der Waals surface area contributed by atoms with Gasteiger partial charge in [0.1, 0.15) is 17.4 Å². The van der Waals surface area contributed by atoms with Gasteiger partial charge in [-0.3, -0.25) is 0 Å². The van der Waals surface area contributed by atoms with Crippen molar-refractivity contribution in [2.75, 3.05) is 12.3 Å². The molecule has 2 aromatic carbocycles. The molecule has 4 heteroatoms. The van der Waals surface area contributed by atoms with E-state index in [0.29, 0.717) is 23.6 Å². The molecule has 0 aliphatic heterocycles. The normalized spacial score (nSPS) is 11.7. The Hall–Kier alpha value is -2.49. The molecular weight excluding hydrogens is 266 g/mol. The molecule has 2 N–H and O–H groups in total. The third kappa shape index (κ3) is 3.75. The number of anilines is 1. The summed E-state index contributed by atoms with van der Waals surface area (Å²) in [6, 6.07) is 14.7. The van der Waals surface area contributed by atoms with E-state index in [1.807, 2.05) is 37.3 Å². The van der Waals surface area contributed by atoms with Crippen LogP contribution >= 0.6 is 0 Å². The van der Waals surface area contributed by atoms with Gasteiger partial charge in [-0.15, -0.1) is 0 Å². The predicted octanol–water partition coefficient (Wildman–Crippen LogP) is 3.59. The molecule has 0 heterocycles. The number of nitrogens with two attached hydrogens (primary N) is 1. The van der Waals surface area contributed by atoms with Crippen molar-refractivity contribution in [2.45, 2.75) is 20.0 Å². The summed E-state index contributed by atoms with van der Waals surface area (Å²) in [6.45, 7) is 4.01. The minimum absolute atomic E-state index is 0.193. The molecule has 0 aliphatic rings. The summed E-state index contributed by atoms with van der Waals surface area (Å²) in [6.07, 6.45) is -0.193. The summed E-state index contributed by atoms with van der Waals surface area (Å²) in [7, 11) is 0. The van der Waals surface area contributed by atoms with Crippen LogP contribution in [0.1, 0.15) is 35.9 Å². The highest BCUT2D eigenvalue weighted by Gasteiger charge is 2.16. The molecule has 0 bridgehead atoms. The molecule has 0 saturated heterocycles. The number of hydrogen-bond acceptors (Lipinski definition) is 4. The number of hydrogen-bond donors (Lipinski definition) is 1. The highest BCUT2D eigenvalue weighted by atomic mass is 16.5. The maximum Gasteiger partial charge on any atom is 0.341 e. The fourth-order valence-corrected chi connectivity index (χ4v) is 2.00. The van der Waals surface area contributed by atoms with Gasteiger partial charge in [-0.1, -0.05) is 30.3 Å². The van der Waals surface area contributed by atoms with Crippen LogP contribution in [0.5, 0.6) is 5.75 Å². The standard InChI is InChI=1S/C17H19NO3/c1-3-20-17(19)15-10-9-14(18)11-16(15)21-12(2)13-7-5-4-6-8-13/h4-12H,3,18H2,1-2H3. The van der Waals surface area contributed by atoms with Crippen molar-refractivity contribution in [3.63, 3.8) is 0 Å². The van der Waals surface area contributed by atoms with Gasteiger partial charge in [0.15, 0.2) is 0 Å². The van der Waals surface area contributed by atoms with Crippen molar-refractivity contribution >= 4 is 11.7 Å². The smallest absolute Gasteiger partial charge is 0.341 e. The molecular formula is C17H19NO3. The van der Waals surface area contributed by atoms with Gasteiger partial charge in [0, 0.05) is 11.8 Å². The summed E-state index contributed by atoms with van der Waals surface area (Å²) in [4.78, 5) is 12.0. The molecule has 1 unspecified atom stereocenters. The van der Waals surface area contributed by atoms with Gasteiger partial charge in [0.25, 0.3) is 0 Å². The van der Waals surface area contributed by atoms with E-state index in [1.165, 1.54) is 0 Å². The molecule has 0 saturated carbocycles. The molecule has 21 heavy (non-hydrogen) atoms. The minimum atomic E-state index is -0.409. The van der Waals surface area contributed by atoms with Crippen LogP contribution in [0.25, 0.3) is 0 Å². The molecule has 0 spiro atoms. The fraction of sp³-hybridized carbons (Fsp3) is 0.235. The number of carbonyl (C=O) groups excluding carboxylic acids is 1. The monoisotopic (exact) mass is 285 g/mol. The lowest BCUT2D eigenvalue weighted by Gasteiger charge is -2.17. The van der Waals surface area contributed by atoms with Crippen molar-refractivity contribution in [3.8, 4) is 5.75 Å². The Balaban J connectivity index is 2.26. The molecule has 2 aromatic rings. The quantitative estimate of drug-likeness (QED) is 0.673. The van der Waals surface area contributed by atoms with Crippen LogP contribution < -0.4 is 10.5 Å². The number of nitrogen functional groups attached to an aromatic ring is 1. The van der Waals surface area contributed by atoms with E-state index in [2.05, 4.69) is 0 Å². The van der Waals surface area contributed by atoms with Gasteiger partial charge < -0.3 is 15.2 Å². The molecule has 0 fully saturated rings. The lowest BCUT2D eigenvalue weighted by molar-refractivity contribution is 0.0519. The topological polar surface area (TPSA) is 61.5 Å². The Morgan fingerprint density at radius 3 is 2.57 bits per heavy atom. The third-order valence-electron chi connectivity index (χ3n) is 3.07. The molecule has 110 valence electrons. The second kappa shape index (κ2) is 6.79. The van der Waals surface area contributed by atoms with Crippen LogP contribution in [0.3, 0.4) is 0 Å². The Morgan fingerprint density at radius 2 is 1.90 bits per heavy atom. The van der Waals surface area contributed by atoms with Crippen LogP contribution in [0, 0.1) is 0 Å². The van der Waals surface area contributed by atoms with Gasteiger partial charge in [-0.2, -0.15) is 0 Å². The molecule has 0 aliphatic carbocycles. The summed E-state index contributed by atoms with van der Waals surface area (Å²) in [5.41, 5.74) is 7.73. The first-order valence-corrected chi connectivity index (χ1v) is 6.90. The van der Waals surface area contributed by atoms with Crippen LogP contribution in [-0.4, -0.2) is 12.6 Å². The maximum absolute atomic E-state index is 12.0. The first-order valence-electron chi connectivity index (χ1n) is 6.90. The number of benzene rings is 2. The second-order valence-corrected chi connectivity index (χ2v) is 4.65. The molecule has 0 radical (unpaired) electrons. The number of carbonyl (C=O) groups is 1. The third-order valence-corrected chi connectivity index (χ3v) is 3.07. The molecule has 4 nitrogen and oxygen atoms in total. The maximum atomic E-state index is 12.0. The average Bonchev–Trinajstić information content (AvgIpc) is 2.48. The number of rotatable bonds is 5. The highest BCUT2D eigenvalue weighted by Crippen LogP contribution is 2.28. The van der Waals surface area contributed by atoms with Gasteiger partial charge in [0.05, 0.1) is 6.61 Å². The summed E-state index contributed by atoms with van der Waals surface area (Å²) in [5, 5.41) is 0. The summed E-state index contributed by atoms with van der Waals surface area (Å²) < 4.78 is 10.9. The Kier molecular flexibility index (Phi) is 4.82. The lowest BCUT2D eigenvalue weighted by atomic mass is 10.1. The second-order valence-electron chi connectivity index (χ2n) is 4.65. The van der Waals surface area contributed by atoms with Crippen molar-refractivity contribution < 1.29 is 14.3 Å². The van der Waals surface area contributed by atoms with E-state index in [9.17, 15) is 4.79 Å². The van der Waals surface area contributed by atoms with Crippen LogP contribution in [0.15, 0.2) is 48.5 Å². The van der Waals surface area contributed by atoms with Crippen LogP contribution in [0.2, 0.25) is 0 Å². The Bertz CT molecular complexity index is 611. The van der Waals surface area contributed by atoms with E-state index >= 15 is 0 Å². The van der Waals surface area contributed by atoms with E-state index in [0.717, 1.165) is 5.56 Å². The van der Waals surface area contributed by atoms with Gasteiger partial charge >= 0.3 is 5.97 Å². The van der Waals surface area contributed by atoms with Gasteiger partial charge in [-0.05, 0) is 31.5 Å². The van der Waals surface area contributed by atoms with Crippen molar-refractivity contribution in [1.29, 1.82) is 0 Å². The zero-order valence-corrected chi connectivity index (χ0v) is 12.2. The first-order chi connectivity index (χ1) is 10.1. The van der Waals surface area contributed by atoms with Crippen molar-refractivity contribution in [2.24, 2.45) is 0 Å².